The topological polar surface area (TPSA) is 55.4 Å². The number of hydrogen-bond donors (Lipinski definition) is 1. The highest BCUT2D eigenvalue weighted by Gasteiger charge is 2.29. The molecule has 0 saturated heterocycles. The monoisotopic (exact) mass is 417 g/mol. The van der Waals surface area contributed by atoms with E-state index in [2.05, 4.69) is 31.3 Å². The second-order valence-corrected chi connectivity index (χ2v) is 9.33. The molecule has 6 heteroatoms. The fourth-order valence-corrected chi connectivity index (χ4v) is 5.76. The third-order valence-corrected chi connectivity index (χ3v) is 7.15. The van der Waals surface area contributed by atoms with E-state index < -0.39 is 0 Å². The standard InChI is InChI=1S/C22H27NO3S2/c1-4-26-22(25)20-17-10-9-14(2)11-18(17)28-21(20)23-19(24)13-27-12-16-8-6-5-7-15(16)3/h5-8,14H,4,9-13H2,1-3H3,(H,23,24)/t14-/m1/s1. The fraction of sp³-hybridized carbons (Fsp3) is 0.455. The maximum absolute atomic E-state index is 12.5. The molecule has 0 unspecified atom stereocenters. The molecule has 1 amide bonds. The number of anilines is 1. The van der Waals surface area contributed by atoms with E-state index in [1.54, 1.807) is 18.7 Å². The molecular weight excluding hydrogens is 390 g/mol. The van der Waals surface area contributed by atoms with Crippen molar-refractivity contribution in [1.29, 1.82) is 0 Å². The predicted octanol–water partition coefficient (Wildman–Crippen LogP) is 5.23. The predicted molar refractivity (Wildman–Crippen MR) is 117 cm³/mol. The van der Waals surface area contributed by atoms with Gasteiger partial charge < -0.3 is 10.1 Å². The first kappa shape index (κ1) is 20.9. The zero-order chi connectivity index (χ0) is 20.1. The van der Waals surface area contributed by atoms with Gasteiger partial charge in [0.2, 0.25) is 5.91 Å². The van der Waals surface area contributed by atoms with E-state index in [1.165, 1.54) is 27.3 Å². The number of esters is 1. The molecule has 0 spiro atoms. The molecule has 4 nitrogen and oxygen atoms in total. The summed E-state index contributed by atoms with van der Waals surface area (Å²) in [5, 5.41) is 3.63. The summed E-state index contributed by atoms with van der Waals surface area (Å²) in [4.78, 5) is 26.3. The van der Waals surface area contributed by atoms with Crippen LogP contribution in [-0.2, 0) is 28.1 Å². The van der Waals surface area contributed by atoms with Crippen LogP contribution in [-0.4, -0.2) is 24.2 Å². The van der Waals surface area contributed by atoms with Crippen molar-refractivity contribution in [2.45, 2.75) is 45.8 Å². The first-order valence-corrected chi connectivity index (χ1v) is 11.7. The van der Waals surface area contributed by atoms with E-state index in [9.17, 15) is 9.59 Å². The van der Waals surface area contributed by atoms with Crippen LogP contribution in [0.1, 0.15) is 52.2 Å². The molecular formula is C22H27NO3S2. The summed E-state index contributed by atoms with van der Waals surface area (Å²) < 4.78 is 5.26. The Morgan fingerprint density at radius 3 is 2.86 bits per heavy atom. The number of nitrogens with one attached hydrogen (secondary N) is 1. The number of carbonyl (C=O) groups excluding carboxylic acids is 2. The fourth-order valence-electron chi connectivity index (χ4n) is 3.45. The number of ether oxygens (including phenoxy) is 1. The van der Waals surface area contributed by atoms with Crippen molar-refractivity contribution in [2.75, 3.05) is 17.7 Å². The molecule has 0 aliphatic heterocycles. The van der Waals surface area contributed by atoms with Crippen LogP contribution in [0.5, 0.6) is 0 Å². The number of hydrogen-bond acceptors (Lipinski definition) is 5. The smallest absolute Gasteiger partial charge is 0.341 e. The van der Waals surface area contributed by atoms with Crippen LogP contribution < -0.4 is 5.32 Å². The number of carbonyl (C=O) groups is 2. The first-order valence-electron chi connectivity index (χ1n) is 9.73. The van der Waals surface area contributed by atoms with Crippen molar-refractivity contribution in [2.24, 2.45) is 5.92 Å². The third kappa shape index (κ3) is 4.97. The van der Waals surface area contributed by atoms with E-state index in [0.29, 0.717) is 28.8 Å². The molecule has 1 aliphatic rings. The average molecular weight is 418 g/mol. The molecule has 3 rings (SSSR count). The average Bonchev–Trinajstić information content (AvgIpc) is 3.00. The summed E-state index contributed by atoms with van der Waals surface area (Å²) in [5.74, 6) is 1.36. The van der Waals surface area contributed by atoms with Gasteiger partial charge in [-0.15, -0.1) is 23.1 Å². The maximum atomic E-state index is 12.5. The van der Waals surface area contributed by atoms with Gasteiger partial charge in [-0.2, -0.15) is 0 Å². The SMILES string of the molecule is CCOC(=O)c1c(NC(=O)CSCc2ccccc2C)sc2c1CC[C@@H](C)C2. The van der Waals surface area contributed by atoms with E-state index in [-0.39, 0.29) is 11.9 Å². The minimum absolute atomic E-state index is 0.0734. The molecule has 1 atom stereocenters. The number of amides is 1. The Balaban J connectivity index is 1.68. The summed E-state index contributed by atoms with van der Waals surface area (Å²) in [6.07, 6.45) is 2.90. The number of rotatable bonds is 7. The lowest BCUT2D eigenvalue weighted by Crippen LogP contribution is -2.17. The molecule has 1 aromatic heterocycles. The van der Waals surface area contributed by atoms with Crippen LogP contribution in [0.15, 0.2) is 24.3 Å². The number of benzene rings is 1. The number of fused-ring (bicyclic) bond motifs is 1. The van der Waals surface area contributed by atoms with Crippen LogP contribution in [0.4, 0.5) is 5.00 Å². The van der Waals surface area contributed by atoms with Crippen molar-refractivity contribution >= 4 is 40.0 Å². The maximum Gasteiger partial charge on any atom is 0.341 e. The molecule has 0 radical (unpaired) electrons. The van der Waals surface area contributed by atoms with E-state index in [1.807, 2.05) is 12.1 Å². The summed E-state index contributed by atoms with van der Waals surface area (Å²) >= 11 is 3.12. The van der Waals surface area contributed by atoms with Gasteiger partial charge in [0.15, 0.2) is 0 Å². The van der Waals surface area contributed by atoms with Gasteiger partial charge in [0.1, 0.15) is 5.00 Å². The van der Waals surface area contributed by atoms with Gasteiger partial charge >= 0.3 is 5.97 Å². The second kappa shape index (κ2) is 9.61. The summed E-state index contributed by atoms with van der Waals surface area (Å²) in [6.45, 7) is 6.45. The second-order valence-electron chi connectivity index (χ2n) is 7.24. The molecule has 1 aliphatic carbocycles. The Hall–Kier alpha value is -1.79. The molecule has 0 bridgehead atoms. The van der Waals surface area contributed by atoms with Crippen LogP contribution in [0, 0.1) is 12.8 Å². The highest BCUT2D eigenvalue weighted by Crippen LogP contribution is 2.40. The van der Waals surface area contributed by atoms with Gasteiger partial charge in [-0.3, -0.25) is 4.79 Å². The van der Waals surface area contributed by atoms with Crippen LogP contribution in [0.2, 0.25) is 0 Å². The molecule has 1 aromatic carbocycles. The molecule has 0 saturated carbocycles. The molecule has 150 valence electrons. The summed E-state index contributed by atoms with van der Waals surface area (Å²) in [5.41, 5.74) is 4.13. The molecule has 1 N–H and O–H groups in total. The minimum atomic E-state index is -0.322. The van der Waals surface area contributed by atoms with Crippen LogP contribution in [0.25, 0.3) is 0 Å². The summed E-state index contributed by atoms with van der Waals surface area (Å²) in [7, 11) is 0. The Morgan fingerprint density at radius 1 is 1.32 bits per heavy atom. The van der Waals surface area contributed by atoms with Gasteiger partial charge in [-0.25, -0.2) is 4.79 Å². The number of thiophene rings is 1. The largest absolute Gasteiger partial charge is 0.462 e. The Bertz CT molecular complexity index is 859. The van der Waals surface area contributed by atoms with Gasteiger partial charge in [0.25, 0.3) is 0 Å². The molecule has 2 aromatic rings. The van der Waals surface area contributed by atoms with Gasteiger partial charge in [0, 0.05) is 10.6 Å². The Kier molecular flexibility index (Phi) is 7.18. The van der Waals surface area contributed by atoms with Gasteiger partial charge in [-0.05, 0) is 55.7 Å². The van der Waals surface area contributed by atoms with E-state index in [4.69, 9.17) is 4.74 Å². The minimum Gasteiger partial charge on any atom is -0.462 e. The molecule has 0 fully saturated rings. The molecule has 1 heterocycles. The lowest BCUT2D eigenvalue weighted by Gasteiger charge is -2.18. The highest BCUT2D eigenvalue weighted by atomic mass is 32.2. The van der Waals surface area contributed by atoms with Crippen molar-refractivity contribution < 1.29 is 14.3 Å². The zero-order valence-electron chi connectivity index (χ0n) is 16.7. The number of thioether (sulfide) groups is 1. The lowest BCUT2D eigenvalue weighted by molar-refractivity contribution is -0.113. The lowest BCUT2D eigenvalue weighted by atomic mass is 9.88. The van der Waals surface area contributed by atoms with Crippen LogP contribution in [0.3, 0.4) is 0 Å². The van der Waals surface area contributed by atoms with Crippen molar-refractivity contribution in [1.82, 2.24) is 0 Å². The summed E-state index contributed by atoms with van der Waals surface area (Å²) in [6, 6.07) is 8.21. The Morgan fingerprint density at radius 2 is 2.11 bits per heavy atom. The normalized spacial score (nSPS) is 15.8. The third-order valence-electron chi connectivity index (χ3n) is 5.00. The van der Waals surface area contributed by atoms with E-state index >= 15 is 0 Å². The first-order chi connectivity index (χ1) is 13.5. The van der Waals surface area contributed by atoms with Crippen molar-refractivity contribution in [3.63, 3.8) is 0 Å². The van der Waals surface area contributed by atoms with E-state index in [0.717, 1.165) is 30.6 Å². The van der Waals surface area contributed by atoms with Gasteiger partial charge in [-0.1, -0.05) is 31.2 Å². The molecule has 28 heavy (non-hydrogen) atoms. The number of aryl methyl sites for hydroxylation is 1. The Labute approximate surface area is 175 Å². The van der Waals surface area contributed by atoms with Crippen molar-refractivity contribution in [3.8, 4) is 0 Å². The van der Waals surface area contributed by atoms with Gasteiger partial charge in [0.05, 0.1) is 17.9 Å². The zero-order valence-corrected chi connectivity index (χ0v) is 18.3. The quantitative estimate of drug-likeness (QED) is 0.627. The van der Waals surface area contributed by atoms with Crippen molar-refractivity contribution in [3.05, 3.63) is 51.4 Å². The van der Waals surface area contributed by atoms with Crippen LogP contribution >= 0.6 is 23.1 Å². The highest BCUT2D eigenvalue weighted by molar-refractivity contribution is 7.99.